The maximum absolute atomic E-state index is 10.2. The van der Waals surface area contributed by atoms with Crippen LogP contribution in [0.15, 0.2) is 0 Å². The normalized spacial score (nSPS) is 39.8. The van der Waals surface area contributed by atoms with E-state index in [0.717, 1.165) is 69.5 Å². The number of unbranched alkanes of at least 4 members (excludes halogenated alkanes) is 4. The monoisotopic (exact) mass is 744 g/mol. The average molecular weight is 746 g/mol. The highest BCUT2D eigenvalue weighted by Crippen LogP contribution is 2.62. The van der Waals surface area contributed by atoms with Crippen molar-refractivity contribution in [2.45, 2.75) is 126 Å². The Kier molecular flexibility index (Phi) is 18.2. The Morgan fingerprint density at radius 1 is 0.551 bits per heavy atom. The summed E-state index contributed by atoms with van der Waals surface area (Å²) in [5.74, 6) is 2.96. The second kappa shape index (κ2) is 20.5. The molecule has 2 saturated heterocycles. The van der Waals surface area contributed by atoms with Crippen molar-refractivity contribution in [1.29, 1.82) is 0 Å². The molecule has 0 unspecified atom stereocenters. The van der Waals surface area contributed by atoms with Crippen LogP contribution in [0.4, 0.5) is 0 Å². The minimum atomic E-state index is -1.23. The number of hydrogen-bond acceptors (Lipinski definition) is 12. The molecule has 4 bridgehead atoms. The van der Waals surface area contributed by atoms with E-state index in [1.54, 1.807) is 0 Å². The Morgan fingerprint density at radius 2 is 0.939 bits per heavy atom. The summed E-state index contributed by atoms with van der Waals surface area (Å²) in [6.45, 7) is 4.06. The first-order chi connectivity index (χ1) is 22.7. The van der Waals surface area contributed by atoms with E-state index in [0.29, 0.717) is 37.6 Å². The molecule has 0 spiro atoms. The zero-order valence-electron chi connectivity index (χ0n) is 29.1. The largest absolute Gasteiger partial charge is 0.395 e. The molecule has 2 aliphatic heterocycles. The summed E-state index contributed by atoms with van der Waals surface area (Å²) in [6.07, 6.45) is 6.75. The first-order valence-corrected chi connectivity index (χ1v) is 18.6. The minimum Gasteiger partial charge on any atom is -0.395 e. The molecule has 4 saturated carbocycles. The number of rotatable bonds is 19. The molecule has 6 fully saturated rings. The lowest BCUT2D eigenvalue weighted by molar-refractivity contribution is -0.145. The molecule has 2 heterocycles. The van der Waals surface area contributed by atoms with Gasteiger partial charge < -0.3 is 50.3 Å². The Hall–Kier alpha value is 0.100. The van der Waals surface area contributed by atoms with Gasteiger partial charge in [0.2, 0.25) is 0 Å². The zero-order valence-corrected chi connectivity index (χ0v) is 30.7. The molecule has 49 heavy (non-hydrogen) atoms. The van der Waals surface area contributed by atoms with Crippen LogP contribution in [0.5, 0.6) is 0 Å². The number of nitrogens with zero attached hydrogens (tertiary/aromatic N) is 2. The van der Waals surface area contributed by atoms with Crippen molar-refractivity contribution in [2.24, 2.45) is 29.1 Å². The fourth-order valence-electron chi connectivity index (χ4n) is 10.2. The van der Waals surface area contributed by atoms with Crippen LogP contribution in [0.1, 0.15) is 77.0 Å². The van der Waals surface area contributed by atoms with E-state index in [9.17, 15) is 40.9 Å². The van der Waals surface area contributed by atoms with E-state index in [2.05, 4.69) is 0 Å². The summed E-state index contributed by atoms with van der Waals surface area (Å²) < 4.78 is 12.7. The third kappa shape index (κ3) is 10.8. The second-order valence-corrected chi connectivity index (χ2v) is 15.8. The first kappa shape index (κ1) is 43.5. The average Bonchev–Trinajstić information content (AvgIpc) is 3.03. The Bertz CT molecular complexity index is 858. The molecule has 4 aliphatic carbocycles. The molecule has 12 nitrogen and oxygen atoms in total. The maximum atomic E-state index is 10.2. The van der Waals surface area contributed by atoms with Crippen molar-refractivity contribution in [3.8, 4) is 0 Å². The van der Waals surface area contributed by atoms with E-state index in [-0.39, 0.29) is 51.1 Å². The lowest BCUT2D eigenvalue weighted by atomic mass is 9.46. The van der Waals surface area contributed by atoms with Crippen molar-refractivity contribution >= 4 is 24.8 Å². The number of aliphatic hydroxyl groups is 8. The molecular weight excluding hydrogens is 679 g/mol. The molecule has 8 atom stereocenters. The van der Waals surface area contributed by atoms with Crippen molar-refractivity contribution in [3.05, 3.63) is 0 Å². The van der Waals surface area contributed by atoms with E-state index < -0.39 is 48.7 Å². The Morgan fingerprint density at radius 3 is 1.31 bits per heavy atom. The van der Waals surface area contributed by atoms with Crippen molar-refractivity contribution < 1.29 is 50.3 Å². The van der Waals surface area contributed by atoms with Crippen LogP contribution in [-0.2, 0) is 9.47 Å². The van der Waals surface area contributed by atoms with Gasteiger partial charge in [0.1, 0.15) is 24.4 Å². The zero-order chi connectivity index (χ0) is 33.6. The van der Waals surface area contributed by atoms with Crippen LogP contribution in [0.3, 0.4) is 0 Å². The van der Waals surface area contributed by atoms with Gasteiger partial charge in [-0.3, -0.25) is 9.80 Å². The number of hydrogen-bond donors (Lipinski definition) is 8. The lowest BCUT2D eigenvalue weighted by Crippen LogP contribution is -2.62. The third-order valence-electron chi connectivity index (χ3n) is 12.5. The molecule has 0 aromatic rings. The molecule has 0 amide bonds. The van der Waals surface area contributed by atoms with Gasteiger partial charge >= 0.3 is 0 Å². The van der Waals surface area contributed by atoms with Crippen molar-refractivity contribution in [3.63, 3.8) is 0 Å². The van der Waals surface area contributed by atoms with Crippen LogP contribution in [0.2, 0.25) is 0 Å². The Balaban J connectivity index is 0.00000325. The highest BCUT2D eigenvalue weighted by Gasteiger charge is 2.54. The maximum Gasteiger partial charge on any atom is 0.109 e. The molecule has 14 heteroatoms. The minimum absolute atomic E-state index is 0. The van der Waals surface area contributed by atoms with Crippen LogP contribution in [0.25, 0.3) is 0 Å². The van der Waals surface area contributed by atoms with Crippen molar-refractivity contribution in [1.82, 2.24) is 9.80 Å². The van der Waals surface area contributed by atoms with Crippen LogP contribution in [-0.4, -0.2) is 165 Å². The van der Waals surface area contributed by atoms with E-state index in [4.69, 9.17) is 9.47 Å². The highest BCUT2D eigenvalue weighted by atomic mass is 35.5. The highest BCUT2D eigenvalue weighted by molar-refractivity contribution is 5.85. The molecule has 0 aromatic heterocycles. The van der Waals surface area contributed by atoms with Gasteiger partial charge in [-0.2, -0.15) is 0 Å². The third-order valence-corrected chi connectivity index (χ3v) is 12.5. The predicted molar refractivity (Wildman–Crippen MR) is 189 cm³/mol. The molecule has 6 rings (SSSR count). The van der Waals surface area contributed by atoms with E-state index in [1.165, 1.54) is 38.5 Å². The Labute approximate surface area is 305 Å². The number of halogens is 2. The van der Waals surface area contributed by atoms with E-state index in [1.807, 2.05) is 9.80 Å². The van der Waals surface area contributed by atoms with Crippen molar-refractivity contribution in [2.75, 3.05) is 65.8 Å². The van der Waals surface area contributed by atoms with Crippen LogP contribution >= 0.6 is 24.8 Å². The van der Waals surface area contributed by atoms with Gasteiger partial charge in [-0.05, 0) is 113 Å². The summed E-state index contributed by atoms with van der Waals surface area (Å²) in [5, 5.41) is 79.8. The molecule has 6 aliphatic rings. The SMILES string of the molecule is Cl.Cl.OC[C@H]1[C@@H](O)[C@H](O)[C@@H](O)CN1CCCCCOCC(COCCCCCN1C[C@H](O)[C@@H](O)[C@H](O)[C@@H]1CO)C12CC3CC(CC(C3)C1)C2. The summed E-state index contributed by atoms with van der Waals surface area (Å²) in [7, 11) is 0. The lowest BCUT2D eigenvalue weighted by Gasteiger charge is -2.59. The number of piperidine rings is 2. The van der Waals surface area contributed by atoms with Gasteiger partial charge in [0.15, 0.2) is 0 Å². The number of β-amino-alcohol motifs (C(OH)–C–C–N with tert-alkyl or cyclic N) is 2. The molecule has 0 aromatic carbocycles. The summed E-state index contributed by atoms with van der Waals surface area (Å²) in [5.41, 5.74) is 0.328. The van der Waals surface area contributed by atoms with Crippen LogP contribution in [0, 0.1) is 29.1 Å². The fourth-order valence-corrected chi connectivity index (χ4v) is 10.2. The van der Waals surface area contributed by atoms with Gasteiger partial charge in [0.05, 0.1) is 50.7 Å². The first-order valence-electron chi connectivity index (χ1n) is 18.6. The van der Waals surface area contributed by atoms with E-state index >= 15 is 0 Å². The number of likely N-dealkylation sites (tertiary alicyclic amines) is 2. The van der Waals surface area contributed by atoms with Gasteiger partial charge in [-0.1, -0.05) is 0 Å². The van der Waals surface area contributed by atoms with Gasteiger partial charge in [-0.25, -0.2) is 0 Å². The summed E-state index contributed by atoms with van der Waals surface area (Å²) >= 11 is 0. The molecule has 8 N–H and O–H groups in total. The van der Waals surface area contributed by atoms with Crippen LogP contribution < -0.4 is 0 Å². The molecule has 0 radical (unpaired) electrons. The smallest absolute Gasteiger partial charge is 0.109 e. The molecular formula is C35H66Cl2N2O10. The number of aliphatic hydroxyl groups excluding tert-OH is 8. The second-order valence-electron chi connectivity index (χ2n) is 15.8. The molecule has 290 valence electrons. The quantitative estimate of drug-likeness (QED) is 0.0861. The fraction of sp³-hybridized carbons (Fsp3) is 1.00. The van der Waals surface area contributed by atoms with Gasteiger partial charge in [0.25, 0.3) is 0 Å². The van der Waals surface area contributed by atoms with Gasteiger partial charge in [-0.15, -0.1) is 24.8 Å². The van der Waals surface area contributed by atoms with Gasteiger partial charge in [0, 0.05) is 32.2 Å². The summed E-state index contributed by atoms with van der Waals surface area (Å²) in [4.78, 5) is 3.76. The standard InChI is InChI=1S/C35H64N2O10.2ClH/c38-19-27-31(42)33(44)29(40)17-36(27)7-3-1-5-9-46-21-26(35-14-23-11-24(15-35)13-25(12-23)16-35)22-47-10-6-2-4-8-37-18-30(41)34(45)32(43)28(37)20-39;;/h23-34,38-45H,1-22H2;2*1H/t23?,24?,25?,27-,28-,29-,30-,31+,32+,33+,34+,35?;;/m0../s1. The number of ether oxygens (including phenoxy) is 2. The predicted octanol–water partition coefficient (Wildman–Crippen LogP) is 0.555. The summed E-state index contributed by atoms with van der Waals surface area (Å²) in [6, 6.07) is -1.12. The topological polar surface area (TPSA) is 187 Å².